The summed E-state index contributed by atoms with van der Waals surface area (Å²) in [5.74, 6) is 0. The molecule has 3 aromatic rings. The van der Waals surface area contributed by atoms with Gasteiger partial charge in [0, 0.05) is 10.9 Å². The molecular formula is C18H23N3S. The number of aryl methyl sites for hydroxylation is 1. The second-order valence-electron chi connectivity index (χ2n) is 6.01. The molecule has 0 spiro atoms. The number of thiophene rings is 1. The monoisotopic (exact) mass is 313 g/mol. The number of fused-ring (bicyclic) bond motifs is 1. The van der Waals surface area contributed by atoms with E-state index in [0.717, 1.165) is 11.9 Å². The molecule has 0 aliphatic rings. The molecule has 0 aromatic carbocycles. The van der Waals surface area contributed by atoms with Crippen LogP contribution in [0.3, 0.4) is 0 Å². The average molecular weight is 313 g/mol. The van der Waals surface area contributed by atoms with Gasteiger partial charge in [-0.2, -0.15) is 16.4 Å². The third kappa shape index (κ3) is 3.57. The lowest BCUT2D eigenvalue weighted by atomic mass is 10.1. The molecule has 0 fully saturated rings. The van der Waals surface area contributed by atoms with E-state index >= 15 is 0 Å². The molecule has 0 aliphatic carbocycles. The fourth-order valence-electron chi connectivity index (χ4n) is 2.70. The SMILES string of the molecule is CN(C)CCCCCc1ccc2ccc(-c3ccsc3)n2n1. The minimum atomic E-state index is 1.06. The van der Waals surface area contributed by atoms with Crippen molar-refractivity contribution < 1.29 is 0 Å². The smallest absolute Gasteiger partial charge is 0.0734 e. The first kappa shape index (κ1) is 15.3. The molecule has 3 heterocycles. The minimum absolute atomic E-state index is 1.06. The van der Waals surface area contributed by atoms with Gasteiger partial charge in [-0.3, -0.25) is 0 Å². The van der Waals surface area contributed by atoms with Crippen LogP contribution in [-0.2, 0) is 6.42 Å². The Labute approximate surface area is 136 Å². The highest BCUT2D eigenvalue weighted by Crippen LogP contribution is 2.24. The van der Waals surface area contributed by atoms with E-state index in [-0.39, 0.29) is 0 Å². The zero-order valence-electron chi connectivity index (χ0n) is 13.3. The molecule has 3 aromatic heterocycles. The molecule has 0 radical (unpaired) electrons. The summed E-state index contributed by atoms with van der Waals surface area (Å²) in [6.45, 7) is 1.17. The predicted molar refractivity (Wildman–Crippen MR) is 94.6 cm³/mol. The number of hydrogen-bond acceptors (Lipinski definition) is 3. The normalized spacial score (nSPS) is 11.6. The fourth-order valence-corrected chi connectivity index (χ4v) is 3.35. The standard InChI is InChI=1S/C18H23N3S/c1-20(2)12-5-3-4-6-16-7-8-17-9-10-18(21(17)19-16)15-11-13-22-14-15/h7-11,13-14H,3-6,12H2,1-2H3. The van der Waals surface area contributed by atoms with E-state index in [1.807, 2.05) is 0 Å². The van der Waals surface area contributed by atoms with Crippen LogP contribution in [0.4, 0.5) is 0 Å². The number of unbranched alkanes of at least 4 members (excludes halogenated alkanes) is 2. The highest BCUT2D eigenvalue weighted by Gasteiger charge is 2.07. The van der Waals surface area contributed by atoms with E-state index < -0.39 is 0 Å². The van der Waals surface area contributed by atoms with Gasteiger partial charge in [-0.25, -0.2) is 4.52 Å². The first-order chi connectivity index (χ1) is 10.7. The number of rotatable bonds is 7. The average Bonchev–Trinajstić information content (AvgIpc) is 3.15. The number of hydrogen-bond donors (Lipinski definition) is 0. The largest absolute Gasteiger partial charge is 0.309 e. The van der Waals surface area contributed by atoms with Gasteiger partial charge < -0.3 is 4.90 Å². The summed E-state index contributed by atoms with van der Waals surface area (Å²) < 4.78 is 2.08. The van der Waals surface area contributed by atoms with Gasteiger partial charge in [0.15, 0.2) is 0 Å². The molecule has 0 bridgehead atoms. The van der Waals surface area contributed by atoms with Crippen molar-refractivity contribution in [1.82, 2.24) is 14.5 Å². The molecular weight excluding hydrogens is 290 g/mol. The van der Waals surface area contributed by atoms with Gasteiger partial charge in [-0.1, -0.05) is 6.42 Å². The van der Waals surface area contributed by atoms with Crippen molar-refractivity contribution in [3.05, 3.63) is 46.8 Å². The summed E-state index contributed by atoms with van der Waals surface area (Å²) in [6.07, 6.45) is 4.80. The van der Waals surface area contributed by atoms with E-state index in [1.165, 1.54) is 42.8 Å². The number of nitrogens with zero attached hydrogens (tertiary/aromatic N) is 3. The second-order valence-corrected chi connectivity index (χ2v) is 6.79. The Balaban J connectivity index is 1.68. The summed E-state index contributed by atoms with van der Waals surface area (Å²) in [5, 5.41) is 9.13. The first-order valence-electron chi connectivity index (χ1n) is 7.89. The Bertz CT molecular complexity index is 713. The van der Waals surface area contributed by atoms with E-state index in [9.17, 15) is 0 Å². The second kappa shape index (κ2) is 7.07. The Hall–Kier alpha value is -1.65. The van der Waals surface area contributed by atoms with Crippen LogP contribution in [0.5, 0.6) is 0 Å². The number of aromatic nitrogens is 2. The summed E-state index contributed by atoms with van der Waals surface area (Å²) in [6, 6.07) is 10.8. The molecule has 22 heavy (non-hydrogen) atoms. The molecule has 3 nitrogen and oxygen atoms in total. The lowest BCUT2D eigenvalue weighted by molar-refractivity contribution is 0.391. The lowest BCUT2D eigenvalue weighted by Crippen LogP contribution is -2.12. The lowest BCUT2D eigenvalue weighted by Gasteiger charge is -2.08. The molecule has 3 rings (SSSR count). The van der Waals surface area contributed by atoms with Gasteiger partial charge >= 0.3 is 0 Å². The van der Waals surface area contributed by atoms with Crippen LogP contribution in [0.2, 0.25) is 0 Å². The quantitative estimate of drug-likeness (QED) is 0.605. The highest BCUT2D eigenvalue weighted by molar-refractivity contribution is 7.08. The Morgan fingerprint density at radius 2 is 1.91 bits per heavy atom. The predicted octanol–water partition coefficient (Wildman–Crippen LogP) is 4.34. The van der Waals surface area contributed by atoms with Crippen molar-refractivity contribution >= 4 is 16.9 Å². The highest BCUT2D eigenvalue weighted by atomic mass is 32.1. The molecule has 0 N–H and O–H groups in total. The molecule has 4 heteroatoms. The zero-order chi connectivity index (χ0) is 15.4. The van der Waals surface area contributed by atoms with Crippen molar-refractivity contribution in [2.24, 2.45) is 0 Å². The van der Waals surface area contributed by atoms with Crippen LogP contribution >= 0.6 is 11.3 Å². The Kier molecular flexibility index (Phi) is 4.90. The van der Waals surface area contributed by atoms with Crippen molar-refractivity contribution in [3.63, 3.8) is 0 Å². The van der Waals surface area contributed by atoms with Crippen molar-refractivity contribution in [3.8, 4) is 11.3 Å². The van der Waals surface area contributed by atoms with Crippen LogP contribution in [0.25, 0.3) is 16.8 Å². The summed E-state index contributed by atoms with van der Waals surface area (Å²) in [5.41, 5.74) is 4.79. The van der Waals surface area contributed by atoms with E-state index in [1.54, 1.807) is 11.3 Å². The summed E-state index contributed by atoms with van der Waals surface area (Å²) >= 11 is 1.73. The van der Waals surface area contributed by atoms with Crippen LogP contribution in [-0.4, -0.2) is 35.2 Å². The van der Waals surface area contributed by atoms with Crippen LogP contribution < -0.4 is 0 Å². The minimum Gasteiger partial charge on any atom is -0.309 e. The van der Waals surface area contributed by atoms with Gasteiger partial charge in [-0.15, -0.1) is 0 Å². The molecule has 0 saturated carbocycles. The fraction of sp³-hybridized carbons (Fsp3) is 0.389. The molecule has 116 valence electrons. The summed E-state index contributed by atoms with van der Waals surface area (Å²) in [7, 11) is 4.26. The Morgan fingerprint density at radius 3 is 2.68 bits per heavy atom. The Morgan fingerprint density at radius 1 is 1.05 bits per heavy atom. The van der Waals surface area contributed by atoms with Crippen molar-refractivity contribution in [1.29, 1.82) is 0 Å². The van der Waals surface area contributed by atoms with Crippen molar-refractivity contribution in [2.45, 2.75) is 25.7 Å². The third-order valence-electron chi connectivity index (χ3n) is 3.91. The molecule has 0 atom stereocenters. The molecule has 0 saturated heterocycles. The third-order valence-corrected chi connectivity index (χ3v) is 4.60. The van der Waals surface area contributed by atoms with Gasteiger partial charge in [0.25, 0.3) is 0 Å². The summed E-state index contributed by atoms with van der Waals surface area (Å²) in [4.78, 5) is 2.25. The van der Waals surface area contributed by atoms with Crippen molar-refractivity contribution in [2.75, 3.05) is 20.6 Å². The van der Waals surface area contributed by atoms with Crippen LogP contribution in [0.1, 0.15) is 25.0 Å². The topological polar surface area (TPSA) is 20.5 Å². The van der Waals surface area contributed by atoms with E-state index in [4.69, 9.17) is 5.10 Å². The maximum absolute atomic E-state index is 4.83. The molecule has 0 amide bonds. The van der Waals surface area contributed by atoms with Gasteiger partial charge in [-0.05, 0) is 75.6 Å². The zero-order valence-corrected chi connectivity index (χ0v) is 14.1. The first-order valence-corrected chi connectivity index (χ1v) is 8.83. The maximum Gasteiger partial charge on any atom is 0.0734 e. The van der Waals surface area contributed by atoms with E-state index in [2.05, 4.69) is 64.6 Å². The van der Waals surface area contributed by atoms with Gasteiger partial charge in [0.2, 0.25) is 0 Å². The molecule has 0 aliphatic heterocycles. The molecule has 0 unspecified atom stereocenters. The van der Waals surface area contributed by atoms with Crippen LogP contribution in [0.15, 0.2) is 41.1 Å². The van der Waals surface area contributed by atoms with Gasteiger partial charge in [0.1, 0.15) is 0 Å². The van der Waals surface area contributed by atoms with Gasteiger partial charge in [0.05, 0.1) is 16.9 Å². The maximum atomic E-state index is 4.83. The van der Waals surface area contributed by atoms with Crippen LogP contribution in [0, 0.1) is 0 Å². The van der Waals surface area contributed by atoms with E-state index in [0.29, 0.717) is 0 Å².